The Morgan fingerprint density at radius 3 is 2.50 bits per heavy atom. The molecule has 0 radical (unpaired) electrons. The first-order valence-corrected chi connectivity index (χ1v) is 7.71. The minimum Gasteiger partial charge on any atom is -0.468 e. The van der Waals surface area contributed by atoms with E-state index in [0.717, 1.165) is 32.2 Å². The maximum atomic E-state index is 12.4. The highest BCUT2D eigenvalue weighted by Gasteiger charge is 2.34. The topological polar surface area (TPSA) is 49.9 Å². The summed E-state index contributed by atoms with van der Waals surface area (Å²) in [4.78, 5) is 27.9. The monoisotopic (exact) mass is 282 g/mol. The van der Waals surface area contributed by atoms with E-state index in [-0.39, 0.29) is 17.9 Å². The Labute approximate surface area is 121 Å². The summed E-state index contributed by atoms with van der Waals surface area (Å²) in [6, 6.07) is 0.152. The van der Waals surface area contributed by atoms with Gasteiger partial charge in [-0.1, -0.05) is 19.3 Å². The number of likely N-dealkylation sites (N-methyl/N-ethyl adjacent to an activating group) is 1. The van der Waals surface area contributed by atoms with Gasteiger partial charge in [0.2, 0.25) is 5.91 Å². The number of ether oxygens (including phenoxy) is 1. The summed E-state index contributed by atoms with van der Waals surface area (Å²) in [5.74, 6) is -0.0803. The Morgan fingerprint density at radius 2 is 1.85 bits per heavy atom. The highest BCUT2D eigenvalue weighted by molar-refractivity contribution is 5.81. The largest absolute Gasteiger partial charge is 0.468 e. The maximum absolute atomic E-state index is 12.4. The van der Waals surface area contributed by atoms with Crippen molar-refractivity contribution in [1.29, 1.82) is 0 Å². The van der Waals surface area contributed by atoms with Crippen LogP contribution in [0, 0.1) is 0 Å². The van der Waals surface area contributed by atoms with Crippen LogP contribution in [0.5, 0.6) is 0 Å². The quantitative estimate of drug-likeness (QED) is 0.732. The van der Waals surface area contributed by atoms with E-state index in [1.54, 1.807) is 0 Å². The molecule has 5 heteroatoms. The van der Waals surface area contributed by atoms with Gasteiger partial charge in [0.1, 0.15) is 6.04 Å². The minimum atomic E-state index is -0.233. The summed E-state index contributed by atoms with van der Waals surface area (Å²) in [6.07, 6.45) is 7.71. The zero-order valence-electron chi connectivity index (χ0n) is 12.6. The molecule has 1 atom stereocenters. The van der Waals surface area contributed by atoms with Crippen molar-refractivity contribution in [3.8, 4) is 0 Å². The molecule has 0 bridgehead atoms. The normalized spacial score (nSPS) is 24.6. The van der Waals surface area contributed by atoms with Crippen molar-refractivity contribution in [3.63, 3.8) is 0 Å². The van der Waals surface area contributed by atoms with E-state index >= 15 is 0 Å². The van der Waals surface area contributed by atoms with E-state index in [4.69, 9.17) is 4.74 Å². The predicted octanol–water partition coefficient (Wildman–Crippen LogP) is 1.41. The zero-order chi connectivity index (χ0) is 14.5. The molecular formula is C15H26N2O3. The summed E-state index contributed by atoms with van der Waals surface area (Å²) in [5, 5.41) is 0. The van der Waals surface area contributed by atoms with Crippen LogP contribution >= 0.6 is 0 Å². The molecule has 1 aliphatic heterocycles. The molecule has 1 heterocycles. The van der Waals surface area contributed by atoms with Gasteiger partial charge in [-0.3, -0.25) is 14.5 Å². The molecule has 2 fully saturated rings. The summed E-state index contributed by atoms with van der Waals surface area (Å²) < 4.78 is 4.82. The van der Waals surface area contributed by atoms with Crippen LogP contribution < -0.4 is 0 Å². The Bertz CT molecular complexity index is 353. The predicted molar refractivity (Wildman–Crippen MR) is 76.3 cm³/mol. The SMILES string of the molecule is COC(=O)C1CCCN1CC(=O)N(C)C1CCCCC1. The first-order chi connectivity index (χ1) is 9.63. The van der Waals surface area contributed by atoms with Crippen molar-refractivity contribution in [3.05, 3.63) is 0 Å². The number of carbonyl (C=O) groups excluding carboxylic acids is 2. The molecule has 0 aromatic rings. The number of hydrogen-bond donors (Lipinski definition) is 0. The van der Waals surface area contributed by atoms with Gasteiger partial charge >= 0.3 is 5.97 Å². The van der Waals surface area contributed by atoms with Crippen LogP contribution in [-0.4, -0.2) is 61.0 Å². The molecule has 0 aromatic heterocycles. The van der Waals surface area contributed by atoms with Gasteiger partial charge < -0.3 is 9.64 Å². The summed E-state index contributed by atoms with van der Waals surface area (Å²) >= 11 is 0. The Balaban J connectivity index is 1.88. The molecule has 0 N–H and O–H groups in total. The first-order valence-electron chi connectivity index (χ1n) is 7.71. The van der Waals surface area contributed by atoms with Gasteiger partial charge in [0.05, 0.1) is 13.7 Å². The number of esters is 1. The molecule has 2 rings (SSSR count). The van der Waals surface area contributed by atoms with Crippen LogP contribution in [0.2, 0.25) is 0 Å². The van der Waals surface area contributed by atoms with Crippen LogP contribution in [0.4, 0.5) is 0 Å². The minimum absolute atomic E-state index is 0.132. The second kappa shape index (κ2) is 7.07. The first kappa shape index (κ1) is 15.3. The fourth-order valence-corrected chi connectivity index (χ4v) is 3.38. The lowest BCUT2D eigenvalue weighted by Gasteiger charge is -2.33. The number of amides is 1. The number of rotatable bonds is 4. The molecule has 1 saturated heterocycles. The zero-order valence-corrected chi connectivity index (χ0v) is 12.6. The number of carbonyl (C=O) groups is 2. The number of methoxy groups -OCH3 is 1. The molecule has 1 aliphatic carbocycles. The molecule has 114 valence electrons. The van der Waals surface area contributed by atoms with Crippen LogP contribution in [0.1, 0.15) is 44.9 Å². The van der Waals surface area contributed by atoms with Crippen molar-refractivity contribution in [2.24, 2.45) is 0 Å². The fraction of sp³-hybridized carbons (Fsp3) is 0.867. The molecular weight excluding hydrogens is 256 g/mol. The third-order valence-electron chi connectivity index (χ3n) is 4.69. The average Bonchev–Trinajstić information content (AvgIpc) is 2.94. The maximum Gasteiger partial charge on any atom is 0.323 e. The van der Waals surface area contributed by atoms with Crippen LogP contribution in [0.25, 0.3) is 0 Å². The lowest BCUT2D eigenvalue weighted by molar-refractivity contribution is -0.147. The van der Waals surface area contributed by atoms with Crippen molar-refractivity contribution in [2.45, 2.75) is 57.0 Å². The third-order valence-corrected chi connectivity index (χ3v) is 4.69. The van der Waals surface area contributed by atoms with Crippen molar-refractivity contribution in [1.82, 2.24) is 9.80 Å². The highest BCUT2D eigenvalue weighted by Crippen LogP contribution is 2.23. The molecule has 0 spiro atoms. The molecule has 1 saturated carbocycles. The summed E-state index contributed by atoms with van der Waals surface area (Å²) in [5.41, 5.74) is 0. The molecule has 0 aromatic carbocycles. The van der Waals surface area contributed by atoms with Gasteiger partial charge in [0, 0.05) is 13.1 Å². The van der Waals surface area contributed by atoms with Crippen LogP contribution in [0.3, 0.4) is 0 Å². The van der Waals surface area contributed by atoms with Gasteiger partial charge in [0.15, 0.2) is 0 Å². The van der Waals surface area contributed by atoms with E-state index in [1.165, 1.54) is 26.4 Å². The van der Waals surface area contributed by atoms with Gasteiger partial charge in [-0.25, -0.2) is 0 Å². The molecule has 20 heavy (non-hydrogen) atoms. The van der Waals surface area contributed by atoms with Gasteiger partial charge in [0.25, 0.3) is 0 Å². The fourth-order valence-electron chi connectivity index (χ4n) is 3.38. The van der Waals surface area contributed by atoms with Crippen LogP contribution in [-0.2, 0) is 14.3 Å². The van der Waals surface area contributed by atoms with E-state index in [9.17, 15) is 9.59 Å². The van der Waals surface area contributed by atoms with Crippen molar-refractivity contribution in [2.75, 3.05) is 27.2 Å². The van der Waals surface area contributed by atoms with E-state index < -0.39 is 0 Å². The molecule has 1 amide bonds. The molecule has 5 nitrogen and oxygen atoms in total. The lowest BCUT2D eigenvalue weighted by atomic mass is 9.94. The summed E-state index contributed by atoms with van der Waals surface area (Å²) in [6.45, 7) is 1.15. The lowest BCUT2D eigenvalue weighted by Crippen LogP contribution is -2.47. The molecule has 1 unspecified atom stereocenters. The average molecular weight is 282 g/mol. The third kappa shape index (κ3) is 3.51. The van der Waals surface area contributed by atoms with Crippen molar-refractivity contribution < 1.29 is 14.3 Å². The standard InChI is InChI=1S/C15H26N2O3/c1-16(12-7-4-3-5-8-12)14(18)11-17-10-6-9-13(17)15(19)20-2/h12-13H,3-11H2,1-2H3. The van der Waals surface area contributed by atoms with E-state index in [1.807, 2.05) is 16.8 Å². The number of nitrogens with zero attached hydrogens (tertiary/aromatic N) is 2. The summed E-state index contributed by atoms with van der Waals surface area (Å²) in [7, 11) is 3.32. The number of likely N-dealkylation sites (tertiary alicyclic amines) is 1. The highest BCUT2D eigenvalue weighted by atomic mass is 16.5. The van der Waals surface area contributed by atoms with E-state index in [2.05, 4.69) is 0 Å². The molecule has 2 aliphatic rings. The Kier molecular flexibility index (Phi) is 5.40. The van der Waals surface area contributed by atoms with Crippen molar-refractivity contribution >= 4 is 11.9 Å². The van der Waals surface area contributed by atoms with Crippen LogP contribution in [0.15, 0.2) is 0 Å². The smallest absolute Gasteiger partial charge is 0.323 e. The Hall–Kier alpha value is -1.10. The number of hydrogen-bond acceptors (Lipinski definition) is 4. The van der Waals surface area contributed by atoms with E-state index in [0.29, 0.717) is 12.6 Å². The Morgan fingerprint density at radius 1 is 1.15 bits per heavy atom. The second-order valence-corrected chi connectivity index (χ2v) is 5.95. The van der Waals surface area contributed by atoms with Gasteiger partial charge in [-0.2, -0.15) is 0 Å². The van der Waals surface area contributed by atoms with Gasteiger partial charge in [-0.15, -0.1) is 0 Å². The second-order valence-electron chi connectivity index (χ2n) is 5.95. The van der Waals surface area contributed by atoms with Gasteiger partial charge in [-0.05, 0) is 32.2 Å².